The highest BCUT2D eigenvalue weighted by molar-refractivity contribution is 8.01. The van der Waals surface area contributed by atoms with Crippen LogP contribution >= 0.6 is 46.2 Å². The number of carbonyl (C=O) groups excluding carboxylic acids is 2. The van der Waals surface area contributed by atoms with Crippen molar-refractivity contribution in [1.82, 2.24) is 9.80 Å². The number of thioether (sulfide) groups is 2. The Morgan fingerprint density at radius 3 is 1.63 bits per heavy atom. The van der Waals surface area contributed by atoms with E-state index >= 15 is 0 Å². The minimum absolute atomic E-state index is 0.135. The summed E-state index contributed by atoms with van der Waals surface area (Å²) in [5.41, 5.74) is 0. The van der Waals surface area contributed by atoms with Crippen LogP contribution in [-0.2, 0) is 9.59 Å². The number of carbonyl (C=O) groups is 2. The van der Waals surface area contributed by atoms with Gasteiger partial charge in [-0.05, 0) is 44.5 Å². The zero-order valence-corrected chi connectivity index (χ0v) is 18.6. The number of hydrogen-bond acceptors (Lipinski definition) is 6. The molecule has 8 heteroatoms. The Balaban J connectivity index is 1.39. The molecular formula is C19H22N2O2S4. The molecule has 4 heterocycles. The van der Waals surface area contributed by atoms with Crippen LogP contribution in [0.1, 0.15) is 36.7 Å². The van der Waals surface area contributed by atoms with Crippen LogP contribution in [0.4, 0.5) is 0 Å². The summed E-state index contributed by atoms with van der Waals surface area (Å²) in [6.45, 7) is 5.61. The zero-order valence-electron chi connectivity index (χ0n) is 15.3. The van der Waals surface area contributed by atoms with Gasteiger partial charge in [0.25, 0.3) is 0 Å². The summed E-state index contributed by atoms with van der Waals surface area (Å²) in [4.78, 5) is 33.8. The average Bonchev–Trinajstić information content (AvgIpc) is 3.39. The van der Waals surface area contributed by atoms with E-state index in [0.717, 1.165) is 6.42 Å². The van der Waals surface area contributed by atoms with E-state index in [9.17, 15) is 9.59 Å². The monoisotopic (exact) mass is 438 g/mol. The van der Waals surface area contributed by atoms with Crippen molar-refractivity contribution in [2.75, 3.05) is 24.6 Å². The van der Waals surface area contributed by atoms with Crippen molar-refractivity contribution < 1.29 is 9.59 Å². The largest absolute Gasteiger partial charge is 0.325 e. The fraction of sp³-hybridized carbons (Fsp3) is 0.474. The molecule has 0 aromatic carbocycles. The Labute approximate surface area is 176 Å². The van der Waals surface area contributed by atoms with Gasteiger partial charge >= 0.3 is 0 Å². The molecule has 2 amide bonds. The smallest absolute Gasteiger partial charge is 0.233 e. The van der Waals surface area contributed by atoms with Crippen molar-refractivity contribution in [2.24, 2.45) is 0 Å². The van der Waals surface area contributed by atoms with Crippen molar-refractivity contribution in [3.8, 4) is 0 Å². The molecule has 144 valence electrons. The van der Waals surface area contributed by atoms with E-state index < -0.39 is 0 Å². The third-order valence-corrected chi connectivity index (χ3v) is 9.62. The second-order valence-electron chi connectivity index (χ2n) is 6.75. The van der Waals surface area contributed by atoms with Gasteiger partial charge in [0, 0.05) is 32.6 Å². The van der Waals surface area contributed by atoms with Gasteiger partial charge in [0.1, 0.15) is 10.7 Å². The maximum atomic E-state index is 12.4. The number of rotatable bonds is 6. The summed E-state index contributed by atoms with van der Waals surface area (Å²) in [5.74, 6) is 1.53. The minimum atomic E-state index is 0.135. The molecule has 2 saturated heterocycles. The molecule has 0 radical (unpaired) electrons. The molecule has 4 nitrogen and oxygen atoms in total. The van der Waals surface area contributed by atoms with E-state index in [1.54, 1.807) is 46.2 Å². The molecule has 0 aliphatic carbocycles. The van der Waals surface area contributed by atoms with Gasteiger partial charge in [-0.2, -0.15) is 0 Å². The highest BCUT2D eigenvalue weighted by Gasteiger charge is 2.35. The van der Waals surface area contributed by atoms with Crippen LogP contribution in [0, 0.1) is 13.8 Å². The lowest BCUT2D eigenvalue weighted by Gasteiger charge is -2.26. The lowest BCUT2D eigenvalue weighted by molar-refractivity contribution is -0.128. The maximum absolute atomic E-state index is 12.4. The van der Waals surface area contributed by atoms with Gasteiger partial charge in [-0.1, -0.05) is 0 Å². The molecule has 2 atom stereocenters. The average molecular weight is 439 g/mol. The van der Waals surface area contributed by atoms with Crippen LogP contribution in [0.25, 0.3) is 0 Å². The summed E-state index contributed by atoms with van der Waals surface area (Å²) in [6.07, 6.45) is 0.820. The SMILES string of the molecule is Cc1ccc([C@H]2SCC(=O)N2CCCN2C(=O)CS[C@@H]2c2ccc(C)s2)s1. The number of hydrogen-bond donors (Lipinski definition) is 0. The summed E-state index contributed by atoms with van der Waals surface area (Å²) < 4.78 is 0. The van der Waals surface area contributed by atoms with Crippen molar-refractivity contribution in [2.45, 2.75) is 31.0 Å². The standard InChI is InChI=1S/C19H22N2O2S4/c1-12-4-6-14(26-12)18-20(16(22)10-24-18)8-3-9-21-17(23)11-25-19(21)15-7-5-13(2)27-15/h4-7,18-19H,3,8-11H2,1-2H3/t18-,19-/m1/s1. The highest BCUT2D eigenvalue weighted by Crippen LogP contribution is 2.43. The Bertz CT molecular complexity index is 778. The second-order valence-corrected chi connectivity index (χ2v) is 11.5. The van der Waals surface area contributed by atoms with Gasteiger partial charge in [-0.3, -0.25) is 9.59 Å². The summed E-state index contributed by atoms with van der Waals surface area (Å²) in [7, 11) is 0. The van der Waals surface area contributed by atoms with Gasteiger partial charge in [0.15, 0.2) is 0 Å². The molecule has 27 heavy (non-hydrogen) atoms. The molecule has 0 bridgehead atoms. The van der Waals surface area contributed by atoms with Crippen molar-refractivity contribution in [3.63, 3.8) is 0 Å². The van der Waals surface area contributed by atoms with Gasteiger partial charge in [-0.15, -0.1) is 46.2 Å². The fourth-order valence-electron chi connectivity index (χ4n) is 3.45. The van der Waals surface area contributed by atoms with E-state index in [-0.39, 0.29) is 22.6 Å². The van der Waals surface area contributed by atoms with Crippen molar-refractivity contribution >= 4 is 58.0 Å². The van der Waals surface area contributed by atoms with E-state index in [1.807, 2.05) is 9.80 Å². The van der Waals surface area contributed by atoms with Crippen LogP contribution in [-0.4, -0.2) is 46.2 Å². The molecule has 4 rings (SSSR count). The lowest BCUT2D eigenvalue weighted by atomic mass is 10.3. The molecule has 0 saturated carbocycles. The number of nitrogens with zero attached hydrogens (tertiary/aromatic N) is 2. The summed E-state index contributed by atoms with van der Waals surface area (Å²) >= 11 is 6.96. The highest BCUT2D eigenvalue weighted by atomic mass is 32.2. The summed E-state index contributed by atoms with van der Waals surface area (Å²) in [5, 5.41) is 0.270. The number of thiophene rings is 2. The molecule has 2 aromatic heterocycles. The van der Waals surface area contributed by atoms with Gasteiger partial charge in [-0.25, -0.2) is 0 Å². The van der Waals surface area contributed by atoms with Crippen LogP contribution in [0.2, 0.25) is 0 Å². The first-order valence-corrected chi connectivity index (χ1v) is 12.7. The Morgan fingerprint density at radius 1 is 0.815 bits per heavy atom. The first kappa shape index (κ1) is 19.4. The predicted octanol–water partition coefficient (Wildman–Crippen LogP) is 4.66. The van der Waals surface area contributed by atoms with Crippen LogP contribution in [0.15, 0.2) is 24.3 Å². The lowest BCUT2D eigenvalue weighted by Crippen LogP contribution is -2.34. The third-order valence-electron chi connectivity index (χ3n) is 4.74. The first-order valence-electron chi connectivity index (χ1n) is 8.98. The molecule has 2 aromatic rings. The molecular weight excluding hydrogens is 416 g/mol. The summed E-state index contributed by atoms with van der Waals surface area (Å²) in [6, 6.07) is 8.52. The van der Waals surface area contributed by atoms with E-state index in [2.05, 4.69) is 38.1 Å². The van der Waals surface area contributed by atoms with Crippen LogP contribution in [0.3, 0.4) is 0 Å². The fourth-order valence-corrected chi connectivity index (χ4v) is 8.11. The maximum Gasteiger partial charge on any atom is 0.233 e. The quantitative estimate of drug-likeness (QED) is 0.657. The van der Waals surface area contributed by atoms with Crippen LogP contribution in [0.5, 0.6) is 0 Å². The molecule has 2 aliphatic heterocycles. The van der Waals surface area contributed by atoms with Crippen molar-refractivity contribution in [1.29, 1.82) is 0 Å². The Morgan fingerprint density at radius 2 is 1.26 bits per heavy atom. The number of amides is 2. The zero-order chi connectivity index (χ0) is 19.0. The molecule has 2 aliphatic rings. The molecule has 0 spiro atoms. The van der Waals surface area contributed by atoms with E-state index in [0.29, 0.717) is 24.6 Å². The van der Waals surface area contributed by atoms with E-state index in [4.69, 9.17) is 0 Å². The minimum Gasteiger partial charge on any atom is -0.325 e. The Hall–Kier alpha value is -0.960. The molecule has 0 N–H and O–H groups in total. The first-order chi connectivity index (χ1) is 13.0. The van der Waals surface area contributed by atoms with Gasteiger partial charge in [0.05, 0.1) is 11.5 Å². The molecule has 2 fully saturated rings. The van der Waals surface area contributed by atoms with Crippen LogP contribution < -0.4 is 0 Å². The topological polar surface area (TPSA) is 40.6 Å². The van der Waals surface area contributed by atoms with E-state index in [1.165, 1.54) is 19.5 Å². The second kappa shape index (κ2) is 8.19. The van der Waals surface area contributed by atoms with Crippen molar-refractivity contribution in [3.05, 3.63) is 43.8 Å². The van der Waals surface area contributed by atoms with Gasteiger partial charge in [0.2, 0.25) is 11.8 Å². The molecule has 0 unspecified atom stereocenters. The normalized spacial score (nSPS) is 23.0. The predicted molar refractivity (Wildman–Crippen MR) is 117 cm³/mol. The van der Waals surface area contributed by atoms with Gasteiger partial charge < -0.3 is 9.80 Å². The number of aryl methyl sites for hydroxylation is 2. The third kappa shape index (κ3) is 4.09. The Kier molecular flexibility index (Phi) is 5.87.